The fraction of sp³-hybridized carbons (Fsp3) is 0. The molecule has 5 N–H and O–H groups in total. The number of nitrogens with one attached hydrogen (secondary N) is 2. The number of carbonyl (C=O) groups is 1. The van der Waals surface area contributed by atoms with Crippen LogP contribution in [0.3, 0.4) is 0 Å². The van der Waals surface area contributed by atoms with Crippen molar-refractivity contribution in [2.75, 3.05) is 0 Å². The number of azo groups is 1. The molecular formula is C18H14FN5O3. The van der Waals surface area contributed by atoms with Crippen molar-refractivity contribution in [1.82, 2.24) is 15.2 Å². The number of rotatable bonds is 3. The molecule has 9 heteroatoms. The molecule has 4 aromatic rings. The number of fused-ring (bicyclic) bond motifs is 1. The number of aromatic amines is 2. The van der Waals surface area contributed by atoms with Crippen LogP contribution in [-0.2, 0) is 0 Å². The largest absolute Gasteiger partial charge is 0.493 e. The fourth-order valence-electron chi connectivity index (χ4n) is 2.56. The van der Waals surface area contributed by atoms with Crippen molar-refractivity contribution in [2.45, 2.75) is 0 Å². The predicted octanol–water partition coefficient (Wildman–Crippen LogP) is 3.50. The van der Waals surface area contributed by atoms with E-state index in [4.69, 9.17) is 0 Å². The Morgan fingerprint density at radius 3 is 2.63 bits per heavy atom. The van der Waals surface area contributed by atoms with E-state index >= 15 is 0 Å². The molecule has 2 aromatic carbocycles. The number of aromatic nitrogens is 3. The average Bonchev–Trinajstić information content (AvgIpc) is 3.25. The zero-order chi connectivity index (χ0) is 18.1. The number of hydrogen-bond donors (Lipinski definition) is 3. The molecule has 0 saturated carbocycles. The van der Waals surface area contributed by atoms with Crippen molar-refractivity contribution in [1.29, 1.82) is 0 Å². The Bertz CT molecular complexity index is 1130. The van der Waals surface area contributed by atoms with Crippen LogP contribution in [0.2, 0.25) is 0 Å². The van der Waals surface area contributed by atoms with Crippen LogP contribution in [0.25, 0.3) is 22.2 Å². The molecule has 0 radical (unpaired) electrons. The third-order valence-corrected chi connectivity index (χ3v) is 3.85. The Labute approximate surface area is 151 Å². The molecule has 0 aliphatic rings. The second-order valence-electron chi connectivity index (χ2n) is 5.55. The van der Waals surface area contributed by atoms with Crippen LogP contribution in [0.1, 0.15) is 10.5 Å². The van der Waals surface area contributed by atoms with Gasteiger partial charge in [-0.25, -0.2) is 4.39 Å². The summed E-state index contributed by atoms with van der Waals surface area (Å²) in [6.45, 7) is 0. The molecule has 0 aliphatic heterocycles. The van der Waals surface area contributed by atoms with E-state index in [1.54, 1.807) is 30.3 Å². The number of hydrogen-bond acceptors (Lipinski definition) is 4. The first-order valence-electron chi connectivity index (χ1n) is 7.69. The second-order valence-corrected chi connectivity index (χ2v) is 5.55. The van der Waals surface area contributed by atoms with Crippen LogP contribution >= 0.6 is 0 Å². The number of amides is 1. The van der Waals surface area contributed by atoms with Crippen LogP contribution in [0.5, 0.6) is 5.88 Å². The van der Waals surface area contributed by atoms with Gasteiger partial charge in [-0.2, -0.15) is 5.10 Å². The Kier molecular flexibility index (Phi) is 4.77. The summed E-state index contributed by atoms with van der Waals surface area (Å²) >= 11 is 0. The van der Waals surface area contributed by atoms with E-state index in [9.17, 15) is 14.3 Å². The number of benzene rings is 2. The lowest BCUT2D eigenvalue weighted by molar-refractivity contribution is 0.0990. The first-order chi connectivity index (χ1) is 12.6. The first-order valence-corrected chi connectivity index (χ1v) is 7.69. The molecule has 0 fully saturated rings. The van der Waals surface area contributed by atoms with Crippen LogP contribution in [-0.4, -0.2) is 31.7 Å². The molecule has 0 bridgehead atoms. The number of para-hydroxylation sites is 1. The van der Waals surface area contributed by atoms with Crippen molar-refractivity contribution < 1.29 is 19.8 Å². The molecular weight excluding hydrogens is 353 g/mol. The van der Waals surface area contributed by atoms with E-state index in [0.29, 0.717) is 22.2 Å². The smallest absolute Gasteiger partial charge is 0.313 e. The molecule has 2 heterocycles. The first kappa shape index (κ1) is 18.0. The van der Waals surface area contributed by atoms with E-state index in [1.807, 2.05) is 6.07 Å². The van der Waals surface area contributed by atoms with Gasteiger partial charge in [0.05, 0.1) is 11.2 Å². The predicted molar refractivity (Wildman–Crippen MR) is 96.4 cm³/mol. The van der Waals surface area contributed by atoms with Gasteiger partial charge >= 0.3 is 5.91 Å². The van der Waals surface area contributed by atoms with Crippen molar-refractivity contribution in [2.24, 2.45) is 10.2 Å². The van der Waals surface area contributed by atoms with Gasteiger partial charge in [0.2, 0.25) is 5.88 Å². The van der Waals surface area contributed by atoms with Crippen molar-refractivity contribution in [3.05, 3.63) is 66.1 Å². The lowest BCUT2D eigenvalue weighted by atomic mass is 10.1. The third kappa shape index (κ3) is 3.44. The molecule has 0 saturated heterocycles. The van der Waals surface area contributed by atoms with Gasteiger partial charge in [-0.1, -0.05) is 18.2 Å². The minimum atomic E-state index is -0.643. The molecule has 0 unspecified atom stereocenters. The van der Waals surface area contributed by atoms with Gasteiger partial charge in [-0.3, -0.25) is 9.89 Å². The van der Waals surface area contributed by atoms with Gasteiger partial charge in [0, 0.05) is 10.9 Å². The Morgan fingerprint density at radius 1 is 1.11 bits per heavy atom. The molecule has 1 amide bonds. The molecule has 4 rings (SSSR count). The van der Waals surface area contributed by atoms with Gasteiger partial charge < -0.3 is 15.6 Å². The maximum atomic E-state index is 13.0. The van der Waals surface area contributed by atoms with Gasteiger partial charge in [0.1, 0.15) is 11.5 Å². The number of H-pyrrole nitrogens is 2. The van der Waals surface area contributed by atoms with E-state index in [1.165, 1.54) is 18.2 Å². The standard InChI is InChI=1S/C18H12FN5O2.H2O/c19-11-7-5-10(6-8-11)14-9-15(22-21-14)17(25)24-23-16-12-3-1-2-4-13(12)20-18(16)26;/h1-9,20,26H,(H,21,22);1H2. The summed E-state index contributed by atoms with van der Waals surface area (Å²) in [4.78, 5) is 15.0. The summed E-state index contributed by atoms with van der Waals surface area (Å²) in [5.41, 5.74) is 2.15. The van der Waals surface area contributed by atoms with Crippen molar-refractivity contribution in [3.63, 3.8) is 0 Å². The van der Waals surface area contributed by atoms with Gasteiger partial charge in [0.15, 0.2) is 5.69 Å². The normalized spacial score (nSPS) is 11.0. The van der Waals surface area contributed by atoms with Gasteiger partial charge in [-0.05, 0) is 36.4 Å². The number of nitrogens with zero attached hydrogens (tertiary/aromatic N) is 3. The molecule has 27 heavy (non-hydrogen) atoms. The number of halogens is 1. The summed E-state index contributed by atoms with van der Waals surface area (Å²) in [5.74, 6) is -1.16. The lowest BCUT2D eigenvalue weighted by Crippen LogP contribution is -1.93. The molecule has 136 valence electrons. The van der Waals surface area contributed by atoms with Gasteiger partial charge in [-0.15, -0.1) is 10.2 Å². The summed E-state index contributed by atoms with van der Waals surface area (Å²) in [5, 5.41) is 24.7. The van der Waals surface area contributed by atoms with E-state index in [0.717, 1.165) is 0 Å². The summed E-state index contributed by atoms with van der Waals surface area (Å²) in [7, 11) is 0. The zero-order valence-corrected chi connectivity index (χ0v) is 13.8. The maximum Gasteiger partial charge on any atom is 0.313 e. The molecule has 0 aliphatic carbocycles. The van der Waals surface area contributed by atoms with E-state index < -0.39 is 5.91 Å². The molecule has 2 aromatic heterocycles. The Morgan fingerprint density at radius 2 is 1.85 bits per heavy atom. The Balaban J connectivity index is 0.00000210. The Hall–Kier alpha value is -3.85. The minimum Gasteiger partial charge on any atom is -0.493 e. The average molecular weight is 367 g/mol. The summed E-state index contributed by atoms with van der Waals surface area (Å²) in [6.07, 6.45) is 0. The van der Waals surface area contributed by atoms with Crippen LogP contribution in [0.4, 0.5) is 10.1 Å². The second kappa shape index (κ2) is 7.18. The fourth-order valence-corrected chi connectivity index (χ4v) is 2.56. The third-order valence-electron chi connectivity index (χ3n) is 3.85. The SMILES string of the molecule is O.O=C(N=Nc1c(O)[nH]c2ccccc12)c1cc(-c2ccc(F)cc2)n[nH]1. The van der Waals surface area contributed by atoms with Crippen molar-refractivity contribution >= 4 is 22.5 Å². The molecule has 0 spiro atoms. The lowest BCUT2D eigenvalue weighted by Gasteiger charge is -1.94. The topological polar surface area (TPSA) is 138 Å². The highest BCUT2D eigenvalue weighted by molar-refractivity contribution is 5.96. The maximum absolute atomic E-state index is 13.0. The highest BCUT2D eigenvalue weighted by Crippen LogP contribution is 2.35. The van der Waals surface area contributed by atoms with Crippen molar-refractivity contribution in [3.8, 4) is 17.1 Å². The van der Waals surface area contributed by atoms with Crippen LogP contribution in [0, 0.1) is 5.82 Å². The highest BCUT2D eigenvalue weighted by Gasteiger charge is 2.13. The van der Waals surface area contributed by atoms with E-state index in [-0.39, 0.29) is 28.6 Å². The monoisotopic (exact) mass is 367 g/mol. The summed E-state index contributed by atoms with van der Waals surface area (Å²) in [6, 6.07) is 14.4. The van der Waals surface area contributed by atoms with Crippen LogP contribution in [0.15, 0.2) is 64.8 Å². The minimum absolute atomic E-state index is 0. The van der Waals surface area contributed by atoms with Gasteiger partial charge in [0.25, 0.3) is 0 Å². The quantitative estimate of drug-likeness (QED) is 0.478. The van der Waals surface area contributed by atoms with Crippen LogP contribution < -0.4 is 0 Å². The molecule has 0 atom stereocenters. The zero-order valence-electron chi connectivity index (χ0n) is 13.8. The number of carbonyl (C=O) groups excluding carboxylic acids is 1. The molecule has 8 nitrogen and oxygen atoms in total. The number of aromatic hydroxyl groups is 1. The summed E-state index contributed by atoms with van der Waals surface area (Å²) < 4.78 is 13.0. The highest BCUT2D eigenvalue weighted by atomic mass is 19.1. The van der Waals surface area contributed by atoms with E-state index in [2.05, 4.69) is 25.4 Å².